The van der Waals surface area contributed by atoms with E-state index < -0.39 is 263 Å². The molecule has 8 fully saturated rings. The maximum Gasteiger partial charge on any atom is 2.00 e. The molecule has 0 radical (unpaired) electrons. The predicted molar refractivity (Wildman–Crippen MR) is 490 cm³/mol. The normalized spacial score (nSPS) is 31.1. The summed E-state index contributed by atoms with van der Waals surface area (Å²) < 4.78 is 121. The number of carbonyl (C=O) groups excluding carboxylic acids is 5. The minimum atomic E-state index is -2.24. The van der Waals surface area contributed by atoms with Gasteiger partial charge in [-0.15, -0.1) is 11.3 Å². The summed E-state index contributed by atoms with van der Waals surface area (Å²) >= 11 is 0.992. The molecule has 23 N–H and O–H groups in total. The summed E-state index contributed by atoms with van der Waals surface area (Å²) in [4.78, 5) is 88.2. The number of halogens is 2. The molecular weight excluding hydrogens is 2350 g/mol. The van der Waals surface area contributed by atoms with Crippen molar-refractivity contribution in [2.75, 3.05) is 82.2 Å². The second-order valence-electron chi connectivity index (χ2n) is 35.5. The molecule has 796 valence electrons. The van der Waals surface area contributed by atoms with Crippen LogP contribution >= 0.6 is 30.2 Å². The fourth-order valence-electron chi connectivity index (χ4n) is 20.7. The van der Waals surface area contributed by atoms with Crippen molar-refractivity contribution >= 4 is 71.4 Å². The van der Waals surface area contributed by atoms with Gasteiger partial charge in [0.2, 0.25) is 30.9 Å². The van der Waals surface area contributed by atoms with Crippen LogP contribution in [-0.4, -0.2) is 288 Å². The van der Waals surface area contributed by atoms with Gasteiger partial charge >= 0.3 is 80.3 Å². The first-order chi connectivity index (χ1) is 67.1. The molecule has 3 unspecified atom stereocenters. The molecule has 0 bridgehead atoms. The van der Waals surface area contributed by atoms with Gasteiger partial charge in [0.05, 0.1) is 126 Å². The van der Waals surface area contributed by atoms with E-state index in [9.17, 15) is 89.7 Å². The Bertz CT molecular complexity index is 5840. The fourth-order valence-corrected chi connectivity index (χ4v) is 21.4. The third kappa shape index (κ3) is 20.9. The molecule has 0 amide bonds. The van der Waals surface area contributed by atoms with Gasteiger partial charge in [-0.1, -0.05) is 18.2 Å². The van der Waals surface area contributed by atoms with Gasteiger partial charge in [0, 0.05) is 65.7 Å². The van der Waals surface area contributed by atoms with Gasteiger partial charge in [0.25, 0.3) is 0 Å². The number of nitrogens with two attached hydrogens (primary N) is 5. The molecule has 145 heavy (non-hydrogen) atoms. The Kier molecular flexibility index (Phi) is 36.7. The van der Waals surface area contributed by atoms with Crippen LogP contribution < -0.4 is 48.4 Å². The number of esters is 2. The number of rotatable bonds is 18. The van der Waals surface area contributed by atoms with Gasteiger partial charge in [0.1, 0.15) is 78.3 Å². The molecule has 51 heteroatoms. The maximum atomic E-state index is 13.6. The van der Waals surface area contributed by atoms with Gasteiger partial charge in [-0.2, -0.15) is 0 Å². The summed E-state index contributed by atoms with van der Waals surface area (Å²) in [5.74, 6) is -8.29. The Labute approximate surface area is 861 Å². The van der Waals surface area contributed by atoms with Crippen molar-refractivity contribution in [1.82, 2.24) is 0 Å². The smallest absolute Gasteiger partial charge is 0.693 e. The van der Waals surface area contributed by atoms with Crippen LogP contribution in [0.3, 0.4) is 0 Å². The first-order valence-corrected chi connectivity index (χ1v) is 50.9. The molecule has 46 nitrogen and oxygen atoms in total. The molecular formula is C94H109Cl2N5O41Pt2S. The molecule has 1 aromatic heterocycles. The van der Waals surface area contributed by atoms with Crippen LogP contribution in [0.4, 0.5) is 0 Å². The number of carbonyl (C=O) groups is 7. The van der Waals surface area contributed by atoms with Crippen LogP contribution in [0.15, 0.2) is 84.2 Å². The molecule has 5 aliphatic carbocycles. The van der Waals surface area contributed by atoms with E-state index in [4.69, 9.17) is 134 Å². The number of carboxylic acid groups (broad SMARTS) is 2. The third-order valence-corrected chi connectivity index (χ3v) is 28.8. The number of ketones is 3. The number of hydrogen-bond acceptors (Lipinski definition) is 41. The summed E-state index contributed by atoms with van der Waals surface area (Å²) in [6.07, 6.45) is -17.8. The second-order valence-corrected chi connectivity index (χ2v) is 39.8. The standard InChI is InChI=1S/C32H32O13S.C29H32O13.C27H29NO11.C6H8O4.2ClH.4H2N.2Pt/c1-37-19-6-13(7-20(38-2)25(19)33)23-14-8-17-18(42-12-41-17)9-15(14)28(16-10-39-30(36)24(16)23)44-32-27(35)26(34)29-21(43-32)11-40-31(45-29)22-4-3-5-46-22;1-11-36-9-20-27(40-11)24(31)25(32)29(41-20)42-26-14-7-17-16(38-10-39-17)6-13(14)21(22-15(26)8-37-28(22)33)12-4-18(34-2)23(30)19(5-12)35-3;1-10-22(31)13(28)6-17(38-10)39-15-8-27(36,16(30)9-29)7-12-19(15)26(35)21-20(24(12)33)23(32)11-4-3-5-14(37-2)18(11)25(21)34;7-4(8)6(5(9)10)2-1-3-6;;;;;;;;/h3-9,16,21,23-24,26-29,31-35H,10-12H2,1-2H3;4-7,11,15,20-22,24-27,29-32H,8-10H2,1-3H3;3-5,10,13,15,17,22,29,31,33,35-36H,6-9,28H2,1-2H3;1-3H2,(H,7,8)(H,9,10);2*1H;4*1H2;;/q;;;;;;4*-1;+2;+4/p-2/t16-,21+,23+,24-,26+,27+,28+,29+,31?,32-;11-,15+,20?,21-,22+,24-,25-,26-,27-,29?;10-,13-,15-,17-,22+,27-;;;;;;;;;/m010........./s1. The van der Waals surface area contributed by atoms with Crippen molar-refractivity contribution in [2.24, 2.45) is 34.8 Å². The molecule has 7 aromatic rings. The number of thiophene rings is 1. The van der Waals surface area contributed by atoms with E-state index in [1.165, 1.54) is 65.1 Å². The fraction of sp³-hybridized carbons (Fsp3) is 0.500. The van der Waals surface area contributed by atoms with E-state index in [2.05, 4.69) is 0 Å². The summed E-state index contributed by atoms with van der Waals surface area (Å²) in [5.41, 5.74) is 4.94. The Hall–Kier alpha value is -9.61. The first-order valence-electron chi connectivity index (χ1n) is 44.4. The van der Waals surface area contributed by atoms with Crippen molar-refractivity contribution in [3.63, 3.8) is 0 Å². The summed E-state index contributed by atoms with van der Waals surface area (Å²) in [7, 11) is 16.8. The van der Waals surface area contributed by atoms with E-state index in [0.717, 1.165) is 4.88 Å². The van der Waals surface area contributed by atoms with E-state index in [0.29, 0.717) is 62.8 Å². The predicted octanol–water partition coefficient (Wildman–Crippen LogP) is 8.66. The number of aliphatic carboxylic acids is 2. The number of hydrogen-bond donors (Lipinski definition) is 14. The number of carboxylic acids is 2. The van der Waals surface area contributed by atoms with E-state index in [1.807, 2.05) is 23.6 Å². The van der Waals surface area contributed by atoms with Crippen LogP contribution in [0.2, 0.25) is 0 Å². The average Bonchev–Trinajstić information content (AvgIpc) is 1.71. The van der Waals surface area contributed by atoms with E-state index in [-0.39, 0.29) is 167 Å². The molecule has 1 saturated carbocycles. The largest absolute Gasteiger partial charge is 2.00 e. The molecule has 14 aliphatic rings. The van der Waals surface area contributed by atoms with Crippen molar-refractivity contribution in [2.45, 2.75) is 187 Å². The summed E-state index contributed by atoms with van der Waals surface area (Å²) in [6.45, 7) is 2.66. The van der Waals surface area contributed by atoms with Gasteiger partial charge in [-0.25, -0.2) is 0 Å². The van der Waals surface area contributed by atoms with Gasteiger partial charge < -0.3 is 196 Å². The van der Waals surface area contributed by atoms with E-state index >= 15 is 0 Å². The number of phenolic OH excluding ortho intramolecular Hbond substituents is 4. The topological polar surface area (TPSA) is 736 Å². The minimum Gasteiger partial charge on any atom is -0.693 e. The van der Waals surface area contributed by atoms with Gasteiger partial charge in [-0.05, 0) is 133 Å². The SMILES string of the molecule is COc1cc([C@@H]2c3cc4c(cc3[C@@H](OC3OC5CO[C@@H](C)O[C@H]5[C@H](O)[C@H]3O)[C@H]3COC(=O)[C@H]23)OCO4)cc(OC)c1O.COc1cc([C@@H]2c3cc4c(cc3[C@@H](O[C@@H]3O[C@@H]5COC(c6cccs6)O[C@H]5[C@H](O)[C@H]3O)[C@H]3COC(=O)[C@H]23)OCO4)cc(OC)c1O.COc1cccc2c1C(=O)c1c(O)c3c(c(O)c1C2=O)C[C@@](O)(C(=O)CO)C[C@@H]3O[C@H]1C[C@H](N)[C@H](O)[C@H](C)O1.O=C(O)C1(C(=O)O)CCC1.[Cl][Pt+2][Cl].[NH2-].[NH2-].[NH2-].[NH2-].[Pt+2]. The number of aromatic hydroxyl groups is 4. The number of benzene rings is 6. The molecule has 21 rings (SSSR count). The zero-order valence-electron chi connectivity index (χ0n) is 78.1. The zero-order chi connectivity index (χ0) is 99.8. The maximum absolute atomic E-state index is 13.6. The number of methoxy groups -OCH3 is 5. The molecule has 7 saturated heterocycles. The number of aliphatic hydroxyl groups excluding tert-OH is 6. The number of Topliss-reactive ketones (excluding diaryl/α,β-unsaturated/α-hetero) is 1. The van der Waals surface area contributed by atoms with Crippen LogP contribution in [0.1, 0.15) is 164 Å². The van der Waals surface area contributed by atoms with Crippen LogP contribution in [0, 0.1) is 29.1 Å². The van der Waals surface area contributed by atoms with Crippen molar-refractivity contribution in [3.05, 3.63) is 180 Å². The quantitative estimate of drug-likeness (QED) is 0.0217. The van der Waals surface area contributed by atoms with Gasteiger partial charge in [-0.3, -0.25) is 33.6 Å². The zero-order valence-corrected chi connectivity index (χ0v) is 85.0. The number of phenols is 4. The minimum absolute atomic E-state index is 0. The molecule has 6 aromatic carbocycles. The average molecular weight is 2460 g/mol. The summed E-state index contributed by atoms with van der Waals surface area (Å²) in [5, 5.41) is 138. The molecule has 26 atom stereocenters. The second kappa shape index (κ2) is 46.7. The van der Waals surface area contributed by atoms with Crippen molar-refractivity contribution < 1.29 is 237 Å². The molecule has 9 aliphatic heterocycles. The van der Waals surface area contributed by atoms with Gasteiger partial charge in [0.15, 0.2) is 94.4 Å². The van der Waals surface area contributed by atoms with Crippen LogP contribution in [0.5, 0.6) is 74.7 Å². The number of aliphatic hydroxyl groups is 7. The van der Waals surface area contributed by atoms with Crippen LogP contribution in [-0.2, 0) is 125 Å². The molecule has 0 spiro atoms. The number of ether oxygens (including phenoxy) is 21. The van der Waals surface area contributed by atoms with Crippen LogP contribution in [0.25, 0.3) is 24.6 Å². The Morgan fingerprint density at radius 3 is 1.43 bits per heavy atom. The van der Waals surface area contributed by atoms with Crippen molar-refractivity contribution in [1.29, 1.82) is 0 Å². The Morgan fingerprint density at radius 1 is 0.538 bits per heavy atom. The third-order valence-electron chi connectivity index (χ3n) is 27.9. The monoisotopic (exact) mass is 2460 g/mol. The Balaban J connectivity index is 0.000000179. The number of fused-ring (bicyclic) bond motifs is 11. The van der Waals surface area contributed by atoms with E-state index in [1.54, 1.807) is 56.3 Å². The Morgan fingerprint density at radius 2 is 1.00 bits per heavy atom. The summed E-state index contributed by atoms with van der Waals surface area (Å²) in [6, 6.07) is 21.3. The van der Waals surface area contributed by atoms with Crippen molar-refractivity contribution in [3.8, 4) is 74.7 Å². The first kappa shape index (κ1) is 114. The number of cyclic esters (lactones) is 2. The molecule has 10 heterocycles.